The number of hydrogen-bond acceptors (Lipinski definition) is 5. The molecule has 0 spiro atoms. The summed E-state index contributed by atoms with van der Waals surface area (Å²) in [5.74, 6) is 2.06. The molecular formula is C24H24Cl2N2O4. The molecule has 2 aromatic carbocycles. The lowest BCUT2D eigenvalue weighted by Crippen LogP contribution is -2.48. The fourth-order valence-corrected chi connectivity index (χ4v) is 3.96. The Morgan fingerprint density at radius 1 is 1.03 bits per heavy atom. The maximum absolute atomic E-state index is 12.9. The Labute approximate surface area is 197 Å². The number of piperazine rings is 1. The first-order chi connectivity index (χ1) is 15.5. The summed E-state index contributed by atoms with van der Waals surface area (Å²) in [5, 5.41) is 0.772. The van der Waals surface area contributed by atoms with E-state index in [0.29, 0.717) is 40.4 Å². The number of halogens is 2. The second-order valence-corrected chi connectivity index (χ2v) is 8.31. The lowest BCUT2D eigenvalue weighted by molar-refractivity contribution is 0.0594. The molecule has 4 rings (SSSR count). The van der Waals surface area contributed by atoms with Crippen LogP contribution in [0.1, 0.15) is 21.9 Å². The van der Waals surface area contributed by atoms with E-state index in [1.807, 2.05) is 23.1 Å². The molecule has 0 atom stereocenters. The molecule has 0 radical (unpaired) electrons. The zero-order chi connectivity index (χ0) is 22.5. The van der Waals surface area contributed by atoms with E-state index < -0.39 is 0 Å². The summed E-state index contributed by atoms with van der Waals surface area (Å²) in [4.78, 5) is 17.0. The Kier molecular flexibility index (Phi) is 7.25. The van der Waals surface area contributed by atoms with Crippen molar-refractivity contribution in [1.29, 1.82) is 0 Å². The largest absolute Gasteiger partial charge is 0.497 e. The van der Waals surface area contributed by atoms with Gasteiger partial charge in [0.1, 0.15) is 28.9 Å². The molecule has 168 valence electrons. The van der Waals surface area contributed by atoms with Gasteiger partial charge < -0.3 is 18.8 Å². The highest BCUT2D eigenvalue weighted by Crippen LogP contribution is 2.32. The van der Waals surface area contributed by atoms with Crippen LogP contribution in [0.15, 0.2) is 59.0 Å². The molecule has 0 unspecified atom stereocenters. The van der Waals surface area contributed by atoms with E-state index >= 15 is 0 Å². The van der Waals surface area contributed by atoms with Crippen LogP contribution in [-0.2, 0) is 13.2 Å². The lowest BCUT2D eigenvalue weighted by Gasteiger charge is -2.34. The quantitative estimate of drug-likeness (QED) is 0.474. The van der Waals surface area contributed by atoms with Gasteiger partial charge in [-0.1, -0.05) is 41.4 Å². The first-order valence-corrected chi connectivity index (χ1v) is 11.1. The van der Waals surface area contributed by atoms with Gasteiger partial charge in [-0.25, -0.2) is 0 Å². The first kappa shape index (κ1) is 22.5. The summed E-state index contributed by atoms with van der Waals surface area (Å²) < 4.78 is 16.7. The van der Waals surface area contributed by atoms with E-state index in [2.05, 4.69) is 11.0 Å². The maximum Gasteiger partial charge on any atom is 0.289 e. The number of carbonyl (C=O) groups is 1. The third-order valence-electron chi connectivity index (χ3n) is 5.36. The molecule has 1 fully saturated rings. The van der Waals surface area contributed by atoms with E-state index in [0.717, 1.165) is 25.4 Å². The molecule has 1 aliphatic heterocycles. The van der Waals surface area contributed by atoms with Crippen molar-refractivity contribution in [3.05, 3.63) is 81.7 Å². The van der Waals surface area contributed by atoms with E-state index in [9.17, 15) is 4.79 Å². The minimum absolute atomic E-state index is 0.113. The van der Waals surface area contributed by atoms with Gasteiger partial charge in [0.05, 0.1) is 12.1 Å². The molecule has 0 aliphatic carbocycles. The Morgan fingerprint density at radius 3 is 2.59 bits per heavy atom. The van der Waals surface area contributed by atoms with Crippen molar-refractivity contribution in [2.75, 3.05) is 33.3 Å². The summed E-state index contributed by atoms with van der Waals surface area (Å²) in [5.41, 5.74) is 1.19. The van der Waals surface area contributed by atoms with Gasteiger partial charge in [-0.3, -0.25) is 9.69 Å². The fraction of sp³-hybridized carbons (Fsp3) is 0.292. The van der Waals surface area contributed by atoms with Crippen molar-refractivity contribution in [2.45, 2.75) is 13.2 Å². The van der Waals surface area contributed by atoms with E-state index in [1.54, 1.807) is 37.4 Å². The monoisotopic (exact) mass is 474 g/mol. The SMILES string of the molecule is COc1cccc(CN2CCN(C(=O)c3ccc(COc4cccc(Cl)c4Cl)o3)CC2)c1. The van der Waals surface area contributed by atoms with Crippen LogP contribution in [0.3, 0.4) is 0 Å². The number of methoxy groups -OCH3 is 1. The van der Waals surface area contributed by atoms with Crippen molar-refractivity contribution in [3.8, 4) is 11.5 Å². The molecule has 0 bridgehead atoms. The number of furan rings is 1. The highest BCUT2D eigenvalue weighted by Gasteiger charge is 2.24. The maximum atomic E-state index is 12.9. The van der Waals surface area contributed by atoms with E-state index in [1.165, 1.54) is 5.56 Å². The molecule has 1 amide bonds. The Bertz CT molecular complexity index is 1080. The summed E-state index contributed by atoms with van der Waals surface area (Å²) in [6.07, 6.45) is 0. The number of rotatable bonds is 7. The second kappa shape index (κ2) is 10.3. The Morgan fingerprint density at radius 2 is 1.81 bits per heavy atom. The Balaban J connectivity index is 1.29. The van der Waals surface area contributed by atoms with Gasteiger partial charge in [-0.2, -0.15) is 0 Å². The van der Waals surface area contributed by atoms with Gasteiger partial charge in [-0.05, 0) is 42.0 Å². The smallest absolute Gasteiger partial charge is 0.289 e. The zero-order valence-corrected chi connectivity index (χ0v) is 19.2. The predicted octanol–water partition coefficient (Wildman–Crippen LogP) is 5.13. The number of hydrogen-bond donors (Lipinski definition) is 0. The van der Waals surface area contributed by atoms with Crippen LogP contribution in [0.2, 0.25) is 10.0 Å². The number of nitrogens with zero attached hydrogens (tertiary/aromatic N) is 2. The molecule has 1 saturated heterocycles. The van der Waals surface area contributed by atoms with Crippen molar-refractivity contribution in [2.24, 2.45) is 0 Å². The molecule has 2 heterocycles. The number of ether oxygens (including phenoxy) is 2. The van der Waals surface area contributed by atoms with Crippen LogP contribution in [0, 0.1) is 0 Å². The predicted molar refractivity (Wildman–Crippen MR) is 124 cm³/mol. The van der Waals surface area contributed by atoms with Gasteiger partial charge in [0, 0.05) is 32.7 Å². The van der Waals surface area contributed by atoms with E-state index in [-0.39, 0.29) is 12.5 Å². The van der Waals surface area contributed by atoms with E-state index in [4.69, 9.17) is 37.1 Å². The van der Waals surface area contributed by atoms with Crippen molar-refractivity contribution < 1.29 is 18.7 Å². The van der Waals surface area contributed by atoms with Crippen LogP contribution in [0.4, 0.5) is 0 Å². The average molecular weight is 475 g/mol. The van der Waals surface area contributed by atoms with Crippen molar-refractivity contribution in [3.63, 3.8) is 0 Å². The third-order valence-corrected chi connectivity index (χ3v) is 6.16. The number of amides is 1. The van der Waals surface area contributed by atoms with Crippen LogP contribution in [-0.4, -0.2) is 49.0 Å². The van der Waals surface area contributed by atoms with Gasteiger partial charge in [0.25, 0.3) is 5.91 Å². The van der Waals surface area contributed by atoms with Crippen molar-refractivity contribution >= 4 is 29.1 Å². The topological polar surface area (TPSA) is 55.2 Å². The highest BCUT2D eigenvalue weighted by molar-refractivity contribution is 6.42. The number of carbonyl (C=O) groups excluding carboxylic acids is 1. The summed E-state index contributed by atoms with van der Waals surface area (Å²) in [6.45, 7) is 3.87. The molecule has 32 heavy (non-hydrogen) atoms. The molecule has 0 saturated carbocycles. The summed E-state index contributed by atoms with van der Waals surface area (Å²) >= 11 is 12.1. The molecule has 6 nitrogen and oxygen atoms in total. The summed E-state index contributed by atoms with van der Waals surface area (Å²) in [6, 6.07) is 16.7. The van der Waals surface area contributed by atoms with Crippen LogP contribution in [0.25, 0.3) is 0 Å². The minimum Gasteiger partial charge on any atom is -0.497 e. The fourth-order valence-electron chi connectivity index (χ4n) is 3.61. The first-order valence-electron chi connectivity index (χ1n) is 10.3. The standard InChI is InChI=1S/C24H24Cl2N2O4/c1-30-18-5-2-4-17(14-18)15-27-10-12-28(13-11-27)24(29)22-9-8-19(32-22)16-31-21-7-3-6-20(25)23(21)26/h2-9,14H,10-13,15-16H2,1H3. The molecule has 8 heteroatoms. The molecule has 3 aromatic rings. The van der Waals surface area contributed by atoms with Gasteiger partial charge in [0.2, 0.25) is 0 Å². The van der Waals surface area contributed by atoms with Gasteiger partial charge in [0.15, 0.2) is 5.76 Å². The third kappa shape index (κ3) is 5.38. The average Bonchev–Trinajstić information content (AvgIpc) is 3.29. The minimum atomic E-state index is -0.113. The molecule has 0 N–H and O–H groups in total. The van der Waals surface area contributed by atoms with Crippen LogP contribution < -0.4 is 9.47 Å². The van der Waals surface area contributed by atoms with Crippen molar-refractivity contribution in [1.82, 2.24) is 9.80 Å². The summed E-state index contributed by atoms with van der Waals surface area (Å²) in [7, 11) is 1.67. The molecular weight excluding hydrogens is 451 g/mol. The van der Waals surface area contributed by atoms with Gasteiger partial charge >= 0.3 is 0 Å². The van der Waals surface area contributed by atoms with Gasteiger partial charge in [-0.15, -0.1) is 0 Å². The normalized spacial score (nSPS) is 14.4. The number of benzene rings is 2. The molecule has 1 aromatic heterocycles. The lowest BCUT2D eigenvalue weighted by atomic mass is 10.2. The second-order valence-electron chi connectivity index (χ2n) is 7.53. The van der Waals surface area contributed by atoms with Crippen LogP contribution >= 0.6 is 23.2 Å². The highest BCUT2D eigenvalue weighted by atomic mass is 35.5. The van der Waals surface area contributed by atoms with Crippen LogP contribution in [0.5, 0.6) is 11.5 Å². The zero-order valence-electron chi connectivity index (χ0n) is 17.7. The molecule has 1 aliphatic rings. The Hall–Kier alpha value is -2.67.